The minimum Gasteiger partial charge on any atom is -0.478 e. The number of aromatic nitrogens is 1. The molecule has 5 saturated carbocycles. The normalized spacial score (nSPS) is 32.6. The molecular weight excluding hydrogens is 701 g/mol. The number of nitrogens with one attached hydrogen (secondary N) is 1. The van der Waals surface area contributed by atoms with Gasteiger partial charge in [0.2, 0.25) is 5.91 Å². The van der Waals surface area contributed by atoms with Crippen molar-refractivity contribution >= 4 is 17.4 Å². The number of carbonyl (C=O) groups excluding carboxylic acids is 1. The van der Waals surface area contributed by atoms with E-state index in [4.69, 9.17) is 0 Å². The summed E-state index contributed by atoms with van der Waals surface area (Å²) >= 11 is 0. The molecule has 0 spiro atoms. The van der Waals surface area contributed by atoms with E-state index in [-0.39, 0.29) is 21.8 Å². The van der Waals surface area contributed by atoms with E-state index in [2.05, 4.69) is 95.3 Å². The molecule has 5 fully saturated rings. The van der Waals surface area contributed by atoms with Crippen molar-refractivity contribution in [2.75, 3.05) is 0 Å². The quantitative estimate of drug-likeness (QED) is 0.234. The second-order valence-electron chi connectivity index (χ2n) is 17.8. The van der Waals surface area contributed by atoms with Crippen LogP contribution < -0.4 is 5.32 Å². The molecule has 57 heavy (non-hydrogen) atoms. The number of carbonyl (C=O) groups is 2. The van der Waals surface area contributed by atoms with Crippen molar-refractivity contribution in [3.63, 3.8) is 0 Å². The summed E-state index contributed by atoms with van der Waals surface area (Å²) in [6.07, 6.45) is 44.0. The van der Waals surface area contributed by atoms with Gasteiger partial charge in [0.05, 0.1) is 22.2 Å². The SMILES string of the molecule is C#C.C#C.C#C.C=CC.CC.CC1(C)C(c2ccc(C(=O)O)cc2)=CC[C@@]2(C)C1CC[C@@]1(C)C3CC[C@@]4(C(=O)NC5(c6ccccn6)CC5)CCCC4[C@H]3CCC12. The second-order valence-corrected chi connectivity index (χ2v) is 17.8. The van der Waals surface area contributed by atoms with Crippen molar-refractivity contribution in [3.8, 4) is 38.5 Å². The summed E-state index contributed by atoms with van der Waals surface area (Å²) in [6, 6.07) is 13.7. The Morgan fingerprint density at radius 1 is 0.789 bits per heavy atom. The number of hydrogen-bond donors (Lipinski definition) is 2. The molecule has 0 radical (unpaired) electrons. The number of terminal acetylenes is 3. The number of hydrogen-bond acceptors (Lipinski definition) is 3. The molecule has 0 bridgehead atoms. The molecule has 1 aromatic carbocycles. The summed E-state index contributed by atoms with van der Waals surface area (Å²) in [7, 11) is 0. The number of amides is 1. The van der Waals surface area contributed by atoms with Gasteiger partial charge in [-0.15, -0.1) is 45.1 Å². The molecule has 306 valence electrons. The fourth-order valence-electron chi connectivity index (χ4n) is 13.1. The van der Waals surface area contributed by atoms with E-state index >= 15 is 0 Å². The van der Waals surface area contributed by atoms with E-state index in [0.717, 1.165) is 37.8 Å². The third-order valence-electron chi connectivity index (χ3n) is 15.2. The van der Waals surface area contributed by atoms with Gasteiger partial charge < -0.3 is 10.4 Å². The molecular formula is C52H70N2O3. The summed E-state index contributed by atoms with van der Waals surface area (Å²) in [6.45, 7) is 19.4. The van der Waals surface area contributed by atoms with Crippen LogP contribution >= 0.6 is 0 Å². The van der Waals surface area contributed by atoms with Crippen LogP contribution in [0.4, 0.5) is 0 Å². The van der Waals surface area contributed by atoms with Gasteiger partial charge >= 0.3 is 5.97 Å². The molecule has 6 aliphatic rings. The Hall–Kier alpha value is -4.53. The van der Waals surface area contributed by atoms with Crippen molar-refractivity contribution in [3.05, 3.63) is 84.2 Å². The number of allylic oxidation sites excluding steroid dienone is 3. The maximum Gasteiger partial charge on any atom is 0.335 e. The predicted octanol–water partition coefficient (Wildman–Crippen LogP) is 12.0. The minimum atomic E-state index is -0.868. The smallest absolute Gasteiger partial charge is 0.335 e. The fourth-order valence-corrected chi connectivity index (χ4v) is 13.1. The summed E-state index contributed by atoms with van der Waals surface area (Å²) in [5.74, 6) is 2.62. The summed E-state index contributed by atoms with van der Waals surface area (Å²) in [4.78, 5) is 30.6. The Kier molecular flexibility index (Phi) is 15.8. The van der Waals surface area contributed by atoms with Crippen molar-refractivity contribution in [2.24, 2.45) is 51.2 Å². The standard InChI is InChI=1S/C41H52N2O3.C3H6.C2H6.3C2H2/c1-37(2)29(26-10-12-27(13-11-26)35(44)45)16-20-39(4)32(37)18-21-38(3)30-17-22-40(19-7-8-31(40)28(30)14-15-33(38)39)36(46)43-41(23-24-41)34-9-5-6-25-42-34;1-3-2;4*1-2/h5-6,9-13,16,25,28,30-33H,7-8,14-15,17-24H2,1-4H3,(H,43,46)(H,44,45);3H,1H2,2H3;1-2H3;3*1-2H/t28-,30?,31?,32?,33?,38-,39-,40-;;;;;/m0...../s1. The maximum atomic E-state index is 14.4. The van der Waals surface area contributed by atoms with Crippen LogP contribution in [0, 0.1) is 89.8 Å². The number of fused-ring (bicyclic) bond motifs is 7. The minimum absolute atomic E-state index is 0.0214. The van der Waals surface area contributed by atoms with E-state index in [1.165, 1.54) is 56.1 Å². The molecule has 2 N–H and O–H groups in total. The van der Waals surface area contributed by atoms with Crippen LogP contribution in [0.25, 0.3) is 5.57 Å². The molecule has 8 atom stereocenters. The molecule has 1 aromatic heterocycles. The molecule has 4 unspecified atom stereocenters. The fraction of sp³-hybridized carbons (Fsp3) is 0.558. The van der Waals surface area contributed by atoms with Crippen molar-refractivity contribution in [1.29, 1.82) is 0 Å². The number of benzene rings is 1. The largest absolute Gasteiger partial charge is 0.478 e. The molecule has 2 aromatic rings. The predicted molar refractivity (Wildman–Crippen MR) is 238 cm³/mol. The van der Waals surface area contributed by atoms with E-state index in [0.29, 0.717) is 46.5 Å². The lowest BCUT2D eigenvalue weighted by Crippen LogP contribution is -2.62. The zero-order valence-electron chi connectivity index (χ0n) is 36.0. The highest BCUT2D eigenvalue weighted by Gasteiger charge is 2.67. The van der Waals surface area contributed by atoms with Gasteiger partial charge in [-0.2, -0.15) is 0 Å². The van der Waals surface area contributed by atoms with Gasteiger partial charge in [-0.25, -0.2) is 4.79 Å². The van der Waals surface area contributed by atoms with E-state index < -0.39 is 5.97 Å². The molecule has 6 aliphatic carbocycles. The van der Waals surface area contributed by atoms with Crippen molar-refractivity contribution in [2.45, 2.75) is 131 Å². The van der Waals surface area contributed by atoms with Crippen LogP contribution in [0.5, 0.6) is 0 Å². The number of aromatic carboxylic acids is 1. The monoisotopic (exact) mass is 771 g/mol. The Balaban J connectivity index is 0.000000727. The Morgan fingerprint density at radius 2 is 1.42 bits per heavy atom. The first kappa shape index (κ1) is 46.8. The number of carboxylic acid groups (broad SMARTS) is 1. The van der Waals surface area contributed by atoms with Crippen LogP contribution in [-0.2, 0) is 10.3 Å². The number of nitrogens with zero attached hydrogens (tertiary/aromatic N) is 1. The second kappa shape index (κ2) is 19.3. The summed E-state index contributed by atoms with van der Waals surface area (Å²) in [5, 5.41) is 13.1. The Bertz CT molecular complexity index is 1750. The summed E-state index contributed by atoms with van der Waals surface area (Å²) < 4.78 is 0. The lowest BCUT2D eigenvalue weighted by molar-refractivity contribution is -0.182. The van der Waals surface area contributed by atoms with Crippen LogP contribution in [0.3, 0.4) is 0 Å². The Labute approximate surface area is 346 Å². The topological polar surface area (TPSA) is 79.3 Å². The van der Waals surface area contributed by atoms with E-state index in [1.54, 1.807) is 18.2 Å². The lowest BCUT2D eigenvalue weighted by Gasteiger charge is -2.68. The lowest BCUT2D eigenvalue weighted by atomic mass is 9.36. The highest BCUT2D eigenvalue weighted by Crippen LogP contribution is 2.73. The molecule has 5 heteroatoms. The van der Waals surface area contributed by atoms with Crippen molar-refractivity contribution in [1.82, 2.24) is 10.3 Å². The summed E-state index contributed by atoms with van der Waals surface area (Å²) in [5.41, 5.74) is 4.09. The van der Waals surface area contributed by atoms with Gasteiger partial charge in [0.15, 0.2) is 0 Å². The molecule has 1 heterocycles. The molecule has 0 aliphatic heterocycles. The van der Waals surface area contributed by atoms with Crippen LogP contribution in [-0.4, -0.2) is 22.0 Å². The van der Waals surface area contributed by atoms with Crippen LogP contribution in [0.15, 0.2) is 67.4 Å². The molecule has 1 amide bonds. The highest BCUT2D eigenvalue weighted by atomic mass is 16.4. The van der Waals surface area contributed by atoms with E-state index in [1.807, 2.05) is 51.2 Å². The average molecular weight is 771 g/mol. The number of pyridine rings is 1. The highest BCUT2D eigenvalue weighted by molar-refractivity contribution is 5.88. The van der Waals surface area contributed by atoms with Gasteiger partial charge in [0, 0.05) is 6.20 Å². The Morgan fingerprint density at radius 3 is 1.98 bits per heavy atom. The zero-order valence-corrected chi connectivity index (χ0v) is 36.0. The molecule has 8 rings (SSSR count). The number of rotatable bonds is 5. The first-order valence-corrected chi connectivity index (χ1v) is 21.2. The third kappa shape index (κ3) is 8.26. The molecule has 5 nitrogen and oxygen atoms in total. The molecule has 0 saturated heterocycles. The first-order valence-electron chi connectivity index (χ1n) is 21.2. The maximum absolute atomic E-state index is 14.4. The van der Waals surface area contributed by atoms with E-state index in [9.17, 15) is 14.7 Å². The van der Waals surface area contributed by atoms with Gasteiger partial charge in [-0.05, 0) is 159 Å². The van der Waals surface area contributed by atoms with Crippen molar-refractivity contribution < 1.29 is 14.7 Å². The zero-order chi connectivity index (χ0) is 42.8. The number of carboxylic acids is 1. The van der Waals surface area contributed by atoms with Crippen LogP contribution in [0.2, 0.25) is 0 Å². The van der Waals surface area contributed by atoms with Gasteiger partial charge in [-0.3, -0.25) is 9.78 Å². The van der Waals surface area contributed by atoms with Gasteiger partial charge in [0.25, 0.3) is 0 Å². The first-order chi connectivity index (χ1) is 27.4. The van der Waals surface area contributed by atoms with Gasteiger partial charge in [0.1, 0.15) is 0 Å². The average Bonchev–Trinajstić information content (AvgIpc) is 3.87. The third-order valence-corrected chi connectivity index (χ3v) is 15.2. The van der Waals surface area contributed by atoms with Gasteiger partial charge in [-0.1, -0.05) is 78.3 Å². The van der Waals surface area contributed by atoms with Crippen LogP contribution in [0.1, 0.15) is 147 Å².